The minimum atomic E-state index is -0.378. The van der Waals surface area contributed by atoms with E-state index in [0.717, 1.165) is 5.56 Å². The smallest absolute Gasteiger partial charge is 0.270 e. The highest BCUT2D eigenvalue weighted by Gasteiger charge is 2.20. The largest absolute Gasteiger partial charge is 0.493 e. The van der Waals surface area contributed by atoms with Gasteiger partial charge in [0.25, 0.3) is 11.5 Å². The van der Waals surface area contributed by atoms with Crippen molar-refractivity contribution in [3.8, 4) is 11.5 Å². The minimum Gasteiger partial charge on any atom is -0.493 e. The average molecular weight is 367 g/mol. The lowest BCUT2D eigenvalue weighted by Gasteiger charge is -2.21. The van der Waals surface area contributed by atoms with Gasteiger partial charge >= 0.3 is 0 Å². The van der Waals surface area contributed by atoms with Gasteiger partial charge in [0.15, 0.2) is 11.5 Å². The van der Waals surface area contributed by atoms with Crippen molar-refractivity contribution in [3.05, 3.63) is 70.3 Å². The van der Waals surface area contributed by atoms with Crippen molar-refractivity contribution >= 4 is 11.6 Å². The van der Waals surface area contributed by atoms with Gasteiger partial charge in [-0.25, -0.2) is 4.98 Å². The van der Waals surface area contributed by atoms with E-state index in [1.54, 1.807) is 49.6 Å². The Balaban J connectivity index is 1.91. The number of nitrogens with zero attached hydrogens (tertiary/aromatic N) is 3. The molecule has 2 heterocycles. The van der Waals surface area contributed by atoms with Crippen LogP contribution >= 0.6 is 0 Å². The summed E-state index contributed by atoms with van der Waals surface area (Å²) in [5.74, 6) is 0.849. The van der Waals surface area contributed by atoms with Gasteiger partial charge in [-0.3, -0.25) is 14.0 Å². The number of ether oxygens (including phenoxy) is 2. The Labute approximate surface area is 156 Å². The molecule has 0 aliphatic carbocycles. The Kier molecular flexibility index (Phi) is 5.40. The highest BCUT2D eigenvalue weighted by atomic mass is 16.5. The molecular formula is C20H21N3O4. The summed E-state index contributed by atoms with van der Waals surface area (Å²) in [5.41, 5.74) is 1.04. The van der Waals surface area contributed by atoms with Gasteiger partial charge in [0, 0.05) is 25.5 Å². The monoisotopic (exact) mass is 367 g/mol. The molecule has 0 N–H and O–H groups in total. The molecule has 2 aromatic heterocycles. The van der Waals surface area contributed by atoms with E-state index >= 15 is 0 Å². The number of carbonyl (C=O) groups excluding carboxylic acids is 1. The Morgan fingerprint density at radius 2 is 1.93 bits per heavy atom. The summed E-state index contributed by atoms with van der Waals surface area (Å²) < 4.78 is 11.9. The quantitative estimate of drug-likeness (QED) is 0.669. The number of hydrogen-bond donors (Lipinski definition) is 0. The summed E-state index contributed by atoms with van der Waals surface area (Å²) in [6, 6.07) is 10.7. The van der Waals surface area contributed by atoms with Crippen LogP contribution in [0.1, 0.15) is 22.8 Å². The van der Waals surface area contributed by atoms with Crippen molar-refractivity contribution in [2.45, 2.75) is 13.5 Å². The van der Waals surface area contributed by atoms with Crippen LogP contribution in [-0.2, 0) is 6.54 Å². The highest BCUT2D eigenvalue weighted by Crippen LogP contribution is 2.28. The molecule has 3 aromatic rings. The molecular weight excluding hydrogens is 346 g/mol. The normalized spacial score (nSPS) is 10.6. The molecule has 0 aliphatic rings. The van der Waals surface area contributed by atoms with Crippen LogP contribution in [0.5, 0.6) is 11.5 Å². The first-order valence-electron chi connectivity index (χ1n) is 8.55. The molecule has 3 rings (SSSR count). The third-order valence-electron chi connectivity index (χ3n) is 4.33. The number of amides is 1. The summed E-state index contributed by atoms with van der Waals surface area (Å²) >= 11 is 0. The maximum Gasteiger partial charge on any atom is 0.270 e. The SMILES string of the molecule is CCN(Cc1ccc(OC)c(OC)c1)C(=O)c1cnc2ccccn2c1=O. The second-order valence-electron chi connectivity index (χ2n) is 5.91. The lowest BCUT2D eigenvalue weighted by Crippen LogP contribution is -2.35. The first-order chi connectivity index (χ1) is 13.1. The highest BCUT2D eigenvalue weighted by molar-refractivity contribution is 5.93. The average Bonchev–Trinajstić information content (AvgIpc) is 2.71. The van der Waals surface area contributed by atoms with Gasteiger partial charge < -0.3 is 14.4 Å². The maximum absolute atomic E-state index is 12.9. The van der Waals surface area contributed by atoms with Crippen LogP contribution < -0.4 is 15.0 Å². The molecule has 7 heteroatoms. The van der Waals surface area contributed by atoms with E-state index in [1.165, 1.54) is 10.6 Å². The molecule has 0 fully saturated rings. The van der Waals surface area contributed by atoms with Crippen LogP contribution in [0.4, 0.5) is 0 Å². The van der Waals surface area contributed by atoms with Gasteiger partial charge in [-0.05, 0) is 36.8 Å². The molecule has 1 aromatic carbocycles. The van der Waals surface area contributed by atoms with Crippen molar-refractivity contribution < 1.29 is 14.3 Å². The van der Waals surface area contributed by atoms with E-state index in [1.807, 2.05) is 19.1 Å². The number of fused-ring (bicyclic) bond motifs is 1. The number of hydrogen-bond acceptors (Lipinski definition) is 5. The zero-order chi connectivity index (χ0) is 19.4. The second-order valence-corrected chi connectivity index (χ2v) is 5.91. The van der Waals surface area contributed by atoms with Gasteiger partial charge in [-0.1, -0.05) is 12.1 Å². The lowest BCUT2D eigenvalue weighted by atomic mass is 10.1. The number of benzene rings is 1. The fourth-order valence-electron chi connectivity index (χ4n) is 2.87. The third-order valence-corrected chi connectivity index (χ3v) is 4.33. The molecule has 7 nitrogen and oxygen atoms in total. The molecule has 27 heavy (non-hydrogen) atoms. The number of rotatable bonds is 6. The predicted molar refractivity (Wildman–Crippen MR) is 101 cm³/mol. The maximum atomic E-state index is 12.9. The molecule has 140 valence electrons. The Morgan fingerprint density at radius 3 is 2.63 bits per heavy atom. The van der Waals surface area contributed by atoms with Gasteiger partial charge in [-0.2, -0.15) is 0 Å². The molecule has 0 saturated carbocycles. The lowest BCUT2D eigenvalue weighted by molar-refractivity contribution is 0.0750. The summed E-state index contributed by atoms with van der Waals surface area (Å²) in [7, 11) is 3.13. The second kappa shape index (κ2) is 7.90. The fourth-order valence-corrected chi connectivity index (χ4v) is 2.87. The summed E-state index contributed by atoms with van der Waals surface area (Å²) in [6.45, 7) is 2.65. The van der Waals surface area contributed by atoms with Gasteiger partial charge in [0.05, 0.1) is 14.2 Å². The van der Waals surface area contributed by atoms with Crippen molar-refractivity contribution in [2.75, 3.05) is 20.8 Å². The zero-order valence-corrected chi connectivity index (χ0v) is 15.5. The molecule has 0 spiro atoms. The summed E-state index contributed by atoms with van der Waals surface area (Å²) in [4.78, 5) is 31.4. The van der Waals surface area contributed by atoms with E-state index < -0.39 is 0 Å². The topological polar surface area (TPSA) is 73.1 Å². The molecule has 0 unspecified atom stereocenters. The van der Waals surface area contributed by atoms with E-state index in [2.05, 4.69) is 4.98 Å². The molecule has 1 amide bonds. The van der Waals surface area contributed by atoms with Crippen LogP contribution in [0.2, 0.25) is 0 Å². The van der Waals surface area contributed by atoms with Crippen LogP contribution in [0.15, 0.2) is 53.6 Å². The van der Waals surface area contributed by atoms with E-state index in [4.69, 9.17) is 9.47 Å². The first kappa shape index (κ1) is 18.4. The molecule has 0 atom stereocenters. The van der Waals surface area contributed by atoms with Crippen LogP contribution in [0.3, 0.4) is 0 Å². The van der Waals surface area contributed by atoms with Crippen molar-refractivity contribution in [1.82, 2.24) is 14.3 Å². The Bertz CT molecular complexity index is 1030. The summed E-state index contributed by atoms with van der Waals surface area (Å²) in [6.07, 6.45) is 2.95. The Hall–Kier alpha value is -3.35. The van der Waals surface area contributed by atoms with Gasteiger partial charge in [0.2, 0.25) is 0 Å². The number of carbonyl (C=O) groups is 1. The third kappa shape index (κ3) is 3.62. The van der Waals surface area contributed by atoms with Crippen molar-refractivity contribution in [3.63, 3.8) is 0 Å². The van der Waals surface area contributed by atoms with Crippen LogP contribution in [0, 0.1) is 0 Å². The number of pyridine rings is 1. The molecule has 0 saturated heterocycles. The van der Waals surface area contributed by atoms with Crippen LogP contribution in [0.25, 0.3) is 5.65 Å². The fraction of sp³-hybridized carbons (Fsp3) is 0.250. The van der Waals surface area contributed by atoms with Crippen molar-refractivity contribution in [2.24, 2.45) is 0 Å². The molecule has 0 bridgehead atoms. The van der Waals surface area contributed by atoms with E-state index in [0.29, 0.717) is 30.2 Å². The molecule has 0 aliphatic heterocycles. The van der Waals surface area contributed by atoms with Crippen molar-refractivity contribution in [1.29, 1.82) is 0 Å². The number of methoxy groups -OCH3 is 2. The minimum absolute atomic E-state index is 0.0426. The number of aromatic nitrogens is 2. The zero-order valence-electron chi connectivity index (χ0n) is 15.5. The van der Waals surface area contributed by atoms with E-state index in [9.17, 15) is 9.59 Å². The molecule has 0 radical (unpaired) electrons. The predicted octanol–water partition coefficient (Wildman–Crippen LogP) is 2.37. The van der Waals surface area contributed by atoms with Gasteiger partial charge in [-0.15, -0.1) is 0 Å². The van der Waals surface area contributed by atoms with Gasteiger partial charge in [0.1, 0.15) is 11.2 Å². The van der Waals surface area contributed by atoms with Crippen LogP contribution in [-0.4, -0.2) is 41.0 Å². The first-order valence-corrected chi connectivity index (χ1v) is 8.55. The summed E-state index contributed by atoms with van der Waals surface area (Å²) in [5, 5.41) is 0. The standard InChI is InChI=1S/C20H21N3O4/c1-4-22(13-14-8-9-16(26-2)17(11-14)27-3)19(24)15-12-21-18-7-5-6-10-23(18)20(15)25/h5-12H,4,13H2,1-3H3. The Morgan fingerprint density at radius 1 is 1.15 bits per heavy atom. The van der Waals surface area contributed by atoms with E-state index in [-0.39, 0.29) is 17.0 Å².